The van der Waals surface area contributed by atoms with Crippen LogP contribution in [0.2, 0.25) is 0 Å². The van der Waals surface area contributed by atoms with Gasteiger partial charge < -0.3 is 9.80 Å². The molecule has 2 aliphatic heterocycles. The van der Waals surface area contributed by atoms with Crippen LogP contribution in [0.1, 0.15) is 42.8 Å². The van der Waals surface area contributed by atoms with Crippen molar-refractivity contribution in [2.24, 2.45) is 5.92 Å². The maximum Gasteiger partial charge on any atom is 0.265 e. The average Bonchev–Trinajstić information content (AvgIpc) is 3.17. The van der Waals surface area contributed by atoms with Crippen molar-refractivity contribution in [3.8, 4) is 0 Å². The third kappa shape index (κ3) is 3.43. The lowest BCUT2D eigenvalue weighted by Gasteiger charge is -2.44. The van der Waals surface area contributed by atoms with Crippen LogP contribution in [0.3, 0.4) is 0 Å². The SMILES string of the molecule is CC(C)CC(=O)N1CCC2(CC1)SCCN2C(=O)c1cccs1. The minimum Gasteiger partial charge on any atom is -0.342 e. The van der Waals surface area contributed by atoms with Crippen LogP contribution in [0, 0.1) is 5.92 Å². The first-order chi connectivity index (χ1) is 11.0. The predicted octanol–water partition coefficient (Wildman–Crippen LogP) is 3.30. The summed E-state index contributed by atoms with van der Waals surface area (Å²) >= 11 is 3.41. The zero-order chi connectivity index (χ0) is 16.4. The van der Waals surface area contributed by atoms with Crippen LogP contribution >= 0.6 is 23.1 Å². The van der Waals surface area contributed by atoms with Crippen LogP contribution in [0.15, 0.2) is 17.5 Å². The van der Waals surface area contributed by atoms with E-state index in [-0.39, 0.29) is 16.7 Å². The molecule has 0 bridgehead atoms. The molecule has 0 aliphatic carbocycles. The zero-order valence-electron chi connectivity index (χ0n) is 13.8. The Morgan fingerprint density at radius 1 is 1.26 bits per heavy atom. The van der Waals surface area contributed by atoms with E-state index in [0.717, 1.165) is 43.1 Å². The largest absolute Gasteiger partial charge is 0.342 e. The standard InChI is InChI=1S/C17H24N2O2S2/c1-13(2)12-15(20)18-7-5-17(6-8-18)19(9-11-23-17)16(21)14-4-3-10-22-14/h3-4,10,13H,5-9,11-12H2,1-2H3. The maximum atomic E-state index is 12.8. The van der Waals surface area contributed by atoms with E-state index >= 15 is 0 Å². The van der Waals surface area contributed by atoms with Crippen molar-refractivity contribution < 1.29 is 9.59 Å². The molecule has 0 aromatic carbocycles. The summed E-state index contributed by atoms with van der Waals surface area (Å²) in [4.78, 5) is 29.8. The minimum absolute atomic E-state index is 0.102. The monoisotopic (exact) mass is 352 g/mol. The zero-order valence-corrected chi connectivity index (χ0v) is 15.4. The Balaban J connectivity index is 1.66. The third-order valence-electron chi connectivity index (χ3n) is 4.63. The minimum atomic E-state index is -0.102. The molecule has 23 heavy (non-hydrogen) atoms. The average molecular weight is 353 g/mol. The lowest BCUT2D eigenvalue weighted by atomic mass is 10.0. The number of thioether (sulfide) groups is 1. The van der Waals surface area contributed by atoms with Crippen molar-refractivity contribution in [1.29, 1.82) is 0 Å². The van der Waals surface area contributed by atoms with Crippen molar-refractivity contribution in [1.82, 2.24) is 9.80 Å². The second-order valence-corrected chi connectivity index (χ2v) is 9.11. The first-order valence-corrected chi connectivity index (χ1v) is 10.2. The molecule has 4 nitrogen and oxygen atoms in total. The van der Waals surface area contributed by atoms with E-state index in [4.69, 9.17) is 0 Å². The summed E-state index contributed by atoms with van der Waals surface area (Å²) < 4.78 is 0. The molecule has 2 fully saturated rings. The second-order valence-electron chi connectivity index (χ2n) is 6.71. The number of amides is 2. The van der Waals surface area contributed by atoms with Crippen LogP contribution < -0.4 is 0 Å². The van der Waals surface area contributed by atoms with Crippen molar-refractivity contribution in [2.75, 3.05) is 25.4 Å². The summed E-state index contributed by atoms with van der Waals surface area (Å²) in [5.74, 6) is 1.81. The number of thiophene rings is 1. The van der Waals surface area contributed by atoms with Crippen LogP contribution in [0.5, 0.6) is 0 Å². The van der Waals surface area contributed by atoms with Gasteiger partial charge in [-0.05, 0) is 30.2 Å². The summed E-state index contributed by atoms with van der Waals surface area (Å²) in [6.45, 7) is 6.52. The maximum absolute atomic E-state index is 12.8. The summed E-state index contributed by atoms with van der Waals surface area (Å²) in [7, 11) is 0. The number of carbonyl (C=O) groups excluding carboxylic acids is 2. The molecule has 0 unspecified atom stereocenters. The van der Waals surface area contributed by atoms with Gasteiger partial charge in [0.25, 0.3) is 5.91 Å². The molecule has 0 saturated carbocycles. The molecule has 0 atom stereocenters. The van der Waals surface area contributed by atoms with Crippen LogP contribution in [0.4, 0.5) is 0 Å². The van der Waals surface area contributed by atoms with Gasteiger partial charge in [-0.15, -0.1) is 23.1 Å². The number of rotatable bonds is 3. The van der Waals surface area contributed by atoms with Gasteiger partial charge in [-0.25, -0.2) is 0 Å². The van der Waals surface area contributed by atoms with E-state index in [1.807, 2.05) is 34.2 Å². The number of hydrogen-bond donors (Lipinski definition) is 0. The van der Waals surface area contributed by atoms with Gasteiger partial charge in [0.2, 0.25) is 5.91 Å². The van der Waals surface area contributed by atoms with E-state index in [9.17, 15) is 9.59 Å². The molecule has 2 saturated heterocycles. The van der Waals surface area contributed by atoms with Gasteiger partial charge in [0, 0.05) is 31.8 Å². The molecular weight excluding hydrogens is 328 g/mol. The number of hydrogen-bond acceptors (Lipinski definition) is 4. The van der Waals surface area contributed by atoms with Crippen molar-refractivity contribution in [3.05, 3.63) is 22.4 Å². The molecule has 0 radical (unpaired) electrons. The van der Waals surface area contributed by atoms with Crippen molar-refractivity contribution in [2.45, 2.75) is 38.0 Å². The predicted molar refractivity (Wildman–Crippen MR) is 95.8 cm³/mol. The van der Waals surface area contributed by atoms with Gasteiger partial charge in [-0.2, -0.15) is 0 Å². The fourth-order valence-electron chi connectivity index (χ4n) is 3.43. The fraction of sp³-hybridized carbons (Fsp3) is 0.647. The summed E-state index contributed by atoms with van der Waals surface area (Å²) in [6.07, 6.45) is 2.40. The summed E-state index contributed by atoms with van der Waals surface area (Å²) in [6, 6.07) is 3.84. The Morgan fingerprint density at radius 3 is 2.61 bits per heavy atom. The molecule has 1 spiro atoms. The van der Waals surface area contributed by atoms with Gasteiger partial charge in [0.15, 0.2) is 0 Å². The van der Waals surface area contributed by atoms with E-state index in [2.05, 4.69) is 18.7 Å². The molecule has 1 aromatic rings. The normalized spacial score (nSPS) is 20.5. The topological polar surface area (TPSA) is 40.6 Å². The van der Waals surface area contributed by atoms with Crippen LogP contribution in [-0.2, 0) is 4.79 Å². The molecule has 3 rings (SSSR count). The molecular formula is C17H24N2O2S2. The van der Waals surface area contributed by atoms with Crippen LogP contribution in [0.25, 0.3) is 0 Å². The summed E-state index contributed by atoms with van der Waals surface area (Å²) in [5.41, 5.74) is 0. The van der Waals surface area contributed by atoms with E-state index in [0.29, 0.717) is 12.3 Å². The van der Waals surface area contributed by atoms with Gasteiger partial charge in [0.05, 0.1) is 9.75 Å². The Bertz CT molecular complexity index is 563. The summed E-state index contributed by atoms with van der Waals surface area (Å²) in [5, 5.41) is 1.95. The molecule has 126 valence electrons. The fourth-order valence-corrected chi connectivity index (χ4v) is 5.55. The van der Waals surface area contributed by atoms with Gasteiger partial charge in [-0.1, -0.05) is 19.9 Å². The molecule has 0 N–H and O–H groups in total. The van der Waals surface area contributed by atoms with Gasteiger partial charge in [-0.3, -0.25) is 9.59 Å². The van der Waals surface area contributed by atoms with Crippen molar-refractivity contribution in [3.63, 3.8) is 0 Å². The third-order valence-corrected chi connectivity index (χ3v) is 7.05. The highest BCUT2D eigenvalue weighted by Crippen LogP contribution is 2.44. The number of carbonyl (C=O) groups is 2. The lowest BCUT2D eigenvalue weighted by molar-refractivity contribution is -0.133. The first-order valence-electron chi connectivity index (χ1n) is 8.29. The first kappa shape index (κ1) is 16.8. The molecule has 6 heteroatoms. The molecule has 2 amide bonds. The van der Waals surface area contributed by atoms with E-state index in [1.54, 1.807) is 0 Å². The highest BCUT2D eigenvalue weighted by Gasteiger charge is 2.47. The quantitative estimate of drug-likeness (QED) is 0.838. The van der Waals surface area contributed by atoms with Gasteiger partial charge in [0.1, 0.15) is 0 Å². The number of nitrogens with zero attached hydrogens (tertiary/aromatic N) is 2. The molecule has 2 aliphatic rings. The van der Waals surface area contributed by atoms with E-state index in [1.165, 1.54) is 11.3 Å². The Hall–Kier alpha value is -1.01. The Kier molecular flexibility index (Phi) is 5.01. The van der Waals surface area contributed by atoms with Gasteiger partial charge >= 0.3 is 0 Å². The van der Waals surface area contributed by atoms with Crippen LogP contribution in [-0.4, -0.2) is 51.9 Å². The molecule has 1 aromatic heterocycles. The lowest BCUT2D eigenvalue weighted by Crippen LogP contribution is -2.53. The smallest absolute Gasteiger partial charge is 0.265 e. The number of likely N-dealkylation sites (tertiary alicyclic amines) is 1. The highest BCUT2D eigenvalue weighted by molar-refractivity contribution is 8.00. The van der Waals surface area contributed by atoms with E-state index < -0.39 is 0 Å². The van der Waals surface area contributed by atoms with Crippen molar-refractivity contribution >= 4 is 34.9 Å². The Morgan fingerprint density at radius 2 is 2.00 bits per heavy atom. The Labute approximate surface area is 146 Å². The highest BCUT2D eigenvalue weighted by atomic mass is 32.2. The molecule has 3 heterocycles. The second kappa shape index (κ2) is 6.85. The number of piperidine rings is 1.